The second kappa shape index (κ2) is 8.13. The molecule has 0 fully saturated rings. The molecule has 1 atom stereocenters. The average Bonchev–Trinajstić information content (AvgIpc) is 2.39. The Balaban J connectivity index is 2.48. The largest absolute Gasteiger partial charge is 0.370 e. The Hall–Kier alpha value is -2.12. The molecule has 0 bridgehead atoms. The lowest BCUT2D eigenvalue weighted by Crippen LogP contribution is -2.30. The molecular weight excluding hydrogens is 260 g/mol. The van der Waals surface area contributed by atoms with E-state index in [9.17, 15) is 9.59 Å². The number of rotatable bonds is 7. The summed E-state index contributed by atoms with van der Waals surface area (Å²) in [6.45, 7) is 2.59. The molecule has 0 radical (unpaired) electrons. The fraction of sp³-hybridized carbons (Fsp3) is 0.385. The minimum Gasteiger partial charge on any atom is -0.370 e. The molecular formula is C13H20N4O3. The van der Waals surface area contributed by atoms with Crippen molar-refractivity contribution in [1.29, 1.82) is 0 Å². The molecule has 110 valence electrons. The highest BCUT2D eigenvalue weighted by Crippen LogP contribution is 2.15. The van der Waals surface area contributed by atoms with Gasteiger partial charge in [-0.15, -0.1) is 0 Å². The molecule has 7 nitrogen and oxygen atoms in total. The van der Waals surface area contributed by atoms with Gasteiger partial charge in [0.25, 0.3) is 0 Å². The van der Waals surface area contributed by atoms with Crippen molar-refractivity contribution in [2.24, 2.45) is 11.5 Å². The summed E-state index contributed by atoms with van der Waals surface area (Å²) in [6.07, 6.45) is 0. The van der Waals surface area contributed by atoms with Gasteiger partial charge in [0.1, 0.15) is 6.61 Å². The Morgan fingerprint density at radius 2 is 1.95 bits per heavy atom. The Morgan fingerprint density at radius 1 is 1.30 bits per heavy atom. The normalized spacial score (nSPS) is 11.7. The van der Waals surface area contributed by atoms with E-state index in [1.165, 1.54) is 0 Å². The summed E-state index contributed by atoms with van der Waals surface area (Å²) < 4.78 is 5.05. The number of nitrogens with two attached hydrogens (primary N) is 2. The van der Waals surface area contributed by atoms with E-state index >= 15 is 0 Å². The van der Waals surface area contributed by atoms with Gasteiger partial charge in [-0.1, -0.05) is 12.1 Å². The van der Waals surface area contributed by atoms with Gasteiger partial charge in [0.2, 0.25) is 5.91 Å². The van der Waals surface area contributed by atoms with Gasteiger partial charge in [-0.2, -0.15) is 0 Å². The highest BCUT2D eigenvalue weighted by molar-refractivity contribution is 5.87. The minimum atomic E-state index is -0.615. The van der Waals surface area contributed by atoms with Crippen LogP contribution in [0.3, 0.4) is 0 Å². The summed E-state index contributed by atoms with van der Waals surface area (Å²) in [6, 6.07) is 6.26. The Morgan fingerprint density at radius 3 is 2.50 bits per heavy atom. The number of nitrogens with one attached hydrogen (secondary N) is 2. The second-order valence-electron chi connectivity index (χ2n) is 4.24. The maximum Gasteiger partial charge on any atom is 0.316 e. The number of amides is 3. The summed E-state index contributed by atoms with van der Waals surface area (Å²) >= 11 is 0. The first-order valence-electron chi connectivity index (χ1n) is 6.26. The number of ether oxygens (including phenoxy) is 1. The third-order valence-electron chi connectivity index (χ3n) is 2.55. The molecule has 20 heavy (non-hydrogen) atoms. The van der Waals surface area contributed by atoms with Crippen LogP contribution in [0.1, 0.15) is 18.5 Å². The zero-order chi connectivity index (χ0) is 15.0. The molecule has 0 aliphatic carbocycles. The van der Waals surface area contributed by atoms with Crippen molar-refractivity contribution in [1.82, 2.24) is 5.32 Å². The zero-order valence-electron chi connectivity index (χ0n) is 11.4. The van der Waals surface area contributed by atoms with Crippen molar-refractivity contribution in [3.8, 4) is 0 Å². The van der Waals surface area contributed by atoms with E-state index < -0.39 is 6.03 Å². The molecule has 3 amide bonds. The number of urea groups is 1. The summed E-state index contributed by atoms with van der Waals surface area (Å²) in [5.74, 6) is -0.203. The van der Waals surface area contributed by atoms with Gasteiger partial charge in [-0.3, -0.25) is 4.79 Å². The molecule has 0 aromatic heterocycles. The minimum absolute atomic E-state index is 0.0111. The number of primary amides is 1. The maximum atomic E-state index is 11.6. The number of hydrogen-bond acceptors (Lipinski definition) is 4. The molecule has 0 aliphatic heterocycles. The van der Waals surface area contributed by atoms with Crippen molar-refractivity contribution < 1.29 is 14.3 Å². The standard InChI is InChI=1S/C13H20N4O3/c1-9(16-12(18)8-20-7-6-14)10-2-4-11(5-3-10)17-13(15)19/h2-5,9H,6-8,14H2,1H3,(H,16,18)(H3,15,17,19). The zero-order valence-corrected chi connectivity index (χ0v) is 11.4. The number of carbonyl (C=O) groups is 2. The van der Waals surface area contributed by atoms with Gasteiger partial charge in [-0.25, -0.2) is 4.79 Å². The molecule has 1 aromatic carbocycles. The van der Waals surface area contributed by atoms with E-state index in [0.29, 0.717) is 18.8 Å². The van der Waals surface area contributed by atoms with E-state index in [-0.39, 0.29) is 18.6 Å². The second-order valence-corrected chi connectivity index (χ2v) is 4.24. The first-order valence-corrected chi connectivity index (χ1v) is 6.26. The fourth-order valence-corrected chi connectivity index (χ4v) is 1.61. The first-order chi connectivity index (χ1) is 9.52. The highest BCUT2D eigenvalue weighted by atomic mass is 16.5. The van der Waals surface area contributed by atoms with Gasteiger partial charge in [0.15, 0.2) is 0 Å². The topological polar surface area (TPSA) is 119 Å². The van der Waals surface area contributed by atoms with E-state index in [2.05, 4.69) is 10.6 Å². The van der Waals surface area contributed by atoms with Gasteiger partial charge in [0.05, 0.1) is 12.6 Å². The smallest absolute Gasteiger partial charge is 0.316 e. The molecule has 7 heteroatoms. The van der Waals surface area contributed by atoms with Gasteiger partial charge >= 0.3 is 6.03 Å². The summed E-state index contributed by atoms with van der Waals surface area (Å²) in [7, 11) is 0. The van der Waals surface area contributed by atoms with Gasteiger partial charge in [0, 0.05) is 12.2 Å². The van der Waals surface area contributed by atoms with Crippen LogP contribution in [0, 0.1) is 0 Å². The number of anilines is 1. The van der Waals surface area contributed by atoms with Crippen LogP contribution >= 0.6 is 0 Å². The summed E-state index contributed by atoms with van der Waals surface area (Å²) in [4.78, 5) is 22.3. The number of carbonyl (C=O) groups excluding carboxylic acids is 2. The van der Waals surface area contributed by atoms with Crippen LogP contribution in [-0.2, 0) is 9.53 Å². The molecule has 0 spiro atoms. The fourth-order valence-electron chi connectivity index (χ4n) is 1.61. The van der Waals surface area contributed by atoms with E-state index in [4.69, 9.17) is 16.2 Å². The Labute approximate surface area is 117 Å². The molecule has 0 saturated carbocycles. The molecule has 1 rings (SSSR count). The Bertz CT molecular complexity index is 447. The summed E-state index contributed by atoms with van der Waals surface area (Å²) in [5.41, 5.74) is 11.8. The first kappa shape index (κ1) is 15.9. The SMILES string of the molecule is CC(NC(=O)COCCN)c1ccc(NC(N)=O)cc1. The van der Waals surface area contributed by atoms with Crippen molar-refractivity contribution in [2.45, 2.75) is 13.0 Å². The molecule has 6 N–H and O–H groups in total. The van der Waals surface area contributed by atoms with Crippen molar-refractivity contribution in [2.75, 3.05) is 25.1 Å². The highest BCUT2D eigenvalue weighted by Gasteiger charge is 2.09. The van der Waals surface area contributed by atoms with Crippen LogP contribution in [0.15, 0.2) is 24.3 Å². The van der Waals surface area contributed by atoms with Crippen LogP contribution in [0.5, 0.6) is 0 Å². The van der Waals surface area contributed by atoms with Crippen molar-refractivity contribution in [3.05, 3.63) is 29.8 Å². The summed E-state index contributed by atoms with van der Waals surface area (Å²) in [5, 5.41) is 5.26. The van der Waals surface area contributed by atoms with Crippen LogP contribution in [0.2, 0.25) is 0 Å². The maximum absolute atomic E-state index is 11.6. The third-order valence-corrected chi connectivity index (χ3v) is 2.55. The van der Waals surface area contributed by atoms with Crippen LogP contribution in [0.25, 0.3) is 0 Å². The number of benzene rings is 1. The number of hydrogen-bond donors (Lipinski definition) is 4. The van der Waals surface area contributed by atoms with Gasteiger partial charge in [-0.05, 0) is 24.6 Å². The van der Waals surface area contributed by atoms with Crippen LogP contribution in [0.4, 0.5) is 10.5 Å². The lowest BCUT2D eigenvalue weighted by atomic mass is 10.1. The predicted molar refractivity (Wildman–Crippen MR) is 76.1 cm³/mol. The molecule has 0 saturated heterocycles. The van der Waals surface area contributed by atoms with E-state index in [1.807, 2.05) is 6.92 Å². The van der Waals surface area contributed by atoms with E-state index in [1.54, 1.807) is 24.3 Å². The monoisotopic (exact) mass is 280 g/mol. The van der Waals surface area contributed by atoms with Crippen LogP contribution < -0.4 is 22.1 Å². The van der Waals surface area contributed by atoms with Gasteiger partial charge < -0.3 is 26.8 Å². The molecule has 1 aromatic rings. The quantitative estimate of drug-likeness (QED) is 0.538. The predicted octanol–water partition coefficient (Wildman–Crippen LogP) is 0.330. The van der Waals surface area contributed by atoms with Crippen molar-refractivity contribution in [3.63, 3.8) is 0 Å². The average molecular weight is 280 g/mol. The van der Waals surface area contributed by atoms with Crippen molar-refractivity contribution >= 4 is 17.6 Å². The van der Waals surface area contributed by atoms with Crippen LogP contribution in [-0.4, -0.2) is 31.7 Å². The Kier molecular flexibility index (Phi) is 6.48. The molecule has 0 aliphatic rings. The lowest BCUT2D eigenvalue weighted by molar-refractivity contribution is -0.126. The molecule has 0 heterocycles. The third kappa shape index (κ3) is 5.68. The molecule has 1 unspecified atom stereocenters. The van der Waals surface area contributed by atoms with E-state index in [0.717, 1.165) is 5.56 Å². The lowest BCUT2D eigenvalue weighted by Gasteiger charge is -2.15.